The minimum absolute atomic E-state index is 0.0833. The second kappa shape index (κ2) is 4.79. The number of hydrogen-bond donors (Lipinski definition) is 3. The van der Waals surface area contributed by atoms with E-state index in [-0.39, 0.29) is 18.6 Å². The fraction of sp³-hybridized carbons (Fsp3) is 0.556. The van der Waals surface area contributed by atoms with Crippen LogP contribution >= 0.6 is 0 Å². The summed E-state index contributed by atoms with van der Waals surface area (Å²) in [5.74, 6) is -0.312. The molecule has 15 heavy (non-hydrogen) atoms. The maximum Gasteiger partial charge on any atom is 0.271 e. The molecule has 0 aliphatic carbocycles. The number of aromatic nitrogens is 2. The first-order valence-electron chi connectivity index (χ1n) is 4.79. The zero-order valence-electron chi connectivity index (χ0n) is 8.90. The maximum atomic E-state index is 11.7. The Morgan fingerprint density at radius 2 is 2.47 bits per heavy atom. The summed E-state index contributed by atoms with van der Waals surface area (Å²) >= 11 is 0. The number of aliphatic hydroxyl groups excluding tert-OH is 1. The van der Waals surface area contributed by atoms with Crippen LogP contribution in [0.25, 0.3) is 0 Å². The molecule has 6 heteroatoms. The predicted octanol–water partition coefficient (Wildman–Crippen LogP) is -0.497. The third-order valence-corrected chi connectivity index (χ3v) is 2.23. The molecule has 1 aromatic heterocycles. The van der Waals surface area contributed by atoms with E-state index in [9.17, 15) is 4.79 Å². The van der Waals surface area contributed by atoms with Crippen molar-refractivity contribution in [2.75, 3.05) is 12.3 Å². The molecule has 0 bridgehead atoms. The van der Waals surface area contributed by atoms with Crippen LogP contribution in [-0.4, -0.2) is 33.4 Å². The summed E-state index contributed by atoms with van der Waals surface area (Å²) in [6, 6.07) is -0.244. The van der Waals surface area contributed by atoms with E-state index in [1.165, 1.54) is 10.9 Å². The van der Waals surface area contributed by atoms with Gasteiger partial charge in [-0.05, 0) is 6.42 Å². The van der Waals surface area contributed by atoms with Crippen LogP contribution in [0.2, 0.25) is 0 Å². The highest BCUT2D eigenvalue weighted by Gasteiger charge is 2.17. The van der Waals surface area contributed by atoms with Gasteiger partial charge in [0, 0.05) is 7.05 Å². The molecule has 4 N–H and O–H groups in total. The molecule has 6 nitrogen and oxygen atoms in total. The van der Waals surface area contributed by atoms with Crippen molar-refractivity contribution in [3.63, 3.8) is 0 Å². The number of aryl methyl sites for hydroxylation is 1. The zero-order chi connectivity index (χ0) is 11.4. The molecule has 84 valence electrons. The number of aliphatic hydroxyl groups is 1. The summed E-state index contributed by atoms with van der Waals surface area (Å²) in [4.78, 5) is 11.7. The Bertz CT molecular complexity index is 324. The number of nitrogens with one attached hydrogen (secondary N) is 1. The van der Waals surface area contributed by atoms with Crippen molar-refractivity contribution >= 4 is 11.6 Å². The molecule has 0 aliphatic rings. The van der Waals surface area contributed by atoms with Crippen molar-refractivity contribution in [3.05, 3.63) is 11.9 Å². The van der Waals surface area contributed by atoms with Crippen LogP contribution in [0.1, 0.15) is 23.8 Å². The van der Waals surface area contributed by atoms with Crippen LogP contribution in [0.4, 0.5) is 5.69 Å². The monoisotopic (exact) mass is 212 g/mol. The summed E-state index contributed by atoms with van der Waals surface area (Å²) in [5.41, 5.74) is 6.25. The van der Waals surface area contributed by atoms with Crippen LogP contribution in [0.3, 0.4) is 0 Å². The van der Waals surface area contributed by atoms with Gasteiger partial charge in [-0.2, -0.15) is 5.10 Å². The van der Waals surface area contributed by atoms with Gasteiger partial charge in [-0.25, -0.2) is 0 Å². The molecule has 0 unspecified atom stereocenters. The molecule has 0 aliphatic heterocycles. The highest BCUT2D eigenvalue weighted by atomic mass is 16.3. The molecule has 0 radical (unpaired) electrons. The minimum Gasteiger partial charge on any atom is -0.396 e. The normalized spacial score (nSPS) is 12.5. The Morgan fingerprint density at radius 3 is 2.87 bits per heavy atom. The number of anilines is 1. The van der Waals surface area contributed by atoms with Gasteiger partial charge in [0.15, 0.2) is 0 Å². The average molecular weight is 212 g/mol. The smallest absolute Gasteiger partial charge is 0.271 e. The largest absolute Gasteiger partial charge is 0.396 e. The van der Waals surface area contributed by atoms with Gasteiger partial charge in [-0.1, -0.05) is 6.92 Å². The molecule has 0 aromatic carbocycles. The molecule has 1 aromatic rings. The molecular weight excluding hydrogens is 196 g/mol. The van der Waals surface area contributed by atoms with Crippen LogP contribution in [0.5, 0.6) is 0 Å². The van der Waals surface area contributed by atoms with Gasteiger partial charge in [-0.15, -0.1) is 0 Å². The number of carbonyl (C=O) groups excluding carboxylic acids is 1. The molecule has 1 amide bonds. The Hall–Kier alpha value is -1.56. The summed E-state index contributed by atoms with van der Waals surface area (Å²) in [7, 11) is 1.64. The quantitative estimate of drug-likeness (QED) is 0.627. The lowest BCUT2D eigenvalue weighted by Gasteiger charge is -2.14. The molecule has 1 rings (SSSR count). The Morgan fingerprint density at radius 1 is 1.80 bits per heavy atom. The van der Waals surface area contributed by atoms with E-state index in [2.05, 4.69) is 10.4 Å². The van der Waals surface area contributed by atoms with Gasteiger partial charge < -0.3 is 16.2 Å². The lowest BCUT2D eigenvalue weighted by Crippen LogP contribution is -2.38. The maximum absolute atomic E-state index is 11.7. The molecule has 0 fully saturated rings. The summed E-state index contributed by atoms with van der Waals surface area (Å²) in [5, 5.41) is 15.5. The van der Waals surface area contributed by atoms with Crippen LogP contribution < -0.4 is 11.1 Å². The molecule has 0 saturated heterocycles. The number of hydrogen-bond acceptors (Lipinski definition) is 4. The van der Waals surface area contributed by atoms with Crippen molar-refractivity contribution < 1.29 is 9.90 Å². The lowest BCUT2D eigenvalue weighted by molar-refractivity contribution is 0.0906. The second-order valence-corrected chi connectivity index (χ2v) is 3.33. The number of carbonyl (C=O) groups is 1. The topological polar surface area (TPSA) is 93.2 Å². The second-order valence-electron chi connectivity index (χ2n) is 3.33. The third kappa shape index (κ3) is 2.47. The van der Waals surface area contributed by atoms with E-state index in [4.69, 9.17) is 10.8 Å². The fourth-order valence-electron chi connectivity index (χ4n) is 1.26. The van der Waals surface area contributed by atoms with Crippen LogP contribution in [-0.2, 0) is 7.05 Å². The van der Waals surface area contributed by atoms with Gasteiger partial charge in [-0.3, -0.25) is 9.48 Å². The van der Waals surface area contributed by atoms with Gasteiger partial charge in [0.1, 0.15) is 5.69 Å². The van der Waals surface area contributed by atoms with E-state index >= 15 is 0 Å². The zero-order valence-corrected chi connectivity index (χ0v) is 8.90. The van der Waals surface area contributed by atoms with E-state index < -0.39 is 0 Å². The molecule has 0 spiro atoms. The fourth-order valence-corrected chi connectivity index (χ4v) is 1.26. The van der Waals surface area contributed by atoms with Crippen molar-refractivity contribution in [2.24, 2.45) is 7.05 Å². The van der Waals surface area contributed by atoms with Crippen molar-refractivity contribution in [1.82, 2.24) is 15.1 Å². The van der Waals surface area contributed by atoms with Gasteiger partial charge in [0.05, 0.1) is 24.5 Å². The van der Waals surface area contributed by atoms with E-state index in [0.717, 1.165) is 0 Å². The first-order valence-corrected chi connectivity index (χ1v) is 4.79. The van der Waals surface area contributed by atoms with Crippen molar-refractivity contribution in [2.45, 2.75) is 19.4 Å². The Kier molecular flexibility index (Phi) is 3.68. The molecule has 1 atom stereocenters. The van der Waals surface area contributed by atoms with Crippen LogP contribution in [0.15, 0.2) is 6.20 Å². The SMILES string of the molecule is CC[C@H](CO)NC(=O)c1c(N)cnn1C. The summed E-state index contributed by atoms with van der Waals surface area (Å²) < 4.78 is 1.41. The number of rotatable bonds is 4. The third-order valence-electron chi connectivity index (χ3n) is 2.23. The minimum atomic E-state index is -0.312. The number of nitrogens with zero attached hydrogens (tertiary/aromatic N) is 2. The van der Waals surface area contributed by atoms with Crippen LogP contribution in [0, 0.1) is 0 Å². The van der Waals surface area contributed by atoms with Crippen molar-refractivity contribution in [1.29, 1.82) is 0 Å². The molecular formula is C9H16N4O2. The average Bonchev–Trinajstić information content (AvgIpc) is 2.55. The van der Waals surface area contributed by atoms with Gasteiger partial charge in [0.2, 0.25) is 0 Å². The Balaban J connectivity index is 2.77. The number of nitrogens with two attached hydrogens (primary N) is 1. The highest BCUT2D eigenvalue weighted by molar-refractivity contribution is 5.97. The first-order chi connectivity index (χ1) is 7.10. The number of amides is 1. The van der Waals surface area contributed by atoms with E-state index in [1.807, 2.05) is 6.92 Å². The van der Waals surface area contributed by atoms with E-state index in [0.29, 0.717) is 17.8 Å². The highest BCUT2D eigenvalue weighted by Crippen LogP contribution is 2.09. The van der Waals surface area contributed by atoms with Gasteiger partial charge >= 0.3 is 0 Å². The standard InChI is InChI=1S/C9H16N4O2/c1-3-6(5-14)12-9(15)8-7(10)4-11-13(8)2/h4,6,14H,3,5,10H2,1-2H3,(H,12,15)/t6-/m1/s1. The number of nitrogen functional groups attached to an aromatic ring is 1. The summed E-state index contributed by atoms with van der Waals surface area (Å²) in [6.45, 7) is 1.80. The Labute approximate surface area is 88.1 Å². The first kappa shape index (κ1) is 11.5. The molecule has 1 heterocycles. The lowest BCUT2D eigenvalue weighted by atomic mass is 10.2. The molecule has 0 saturated carbocycles. The van der Waals surface area contributed by atoms with Crippen molar-refractivity contribution in [3.8, 4) is 0 Å². The summed E-state index contributed by atoms with van der Waals surface area (Å²) in [6.07, 6.45) is 2.09. The predicted molar refractivity (Wildman–Crippen MR) is 56.3 cm³/mol. The van der Waals surface area contributed by atoms with E-state index in [1.54, 1.807) is 7.05 Å². The van der Waals surface area contributed by atoms with Gasteiger partial charge in [0.25, 0.3) is 5.91 Å².